The third-order valence-electron chi connectivity index (χ3n) is 3.73. The van der Waals surface area contributed by atoms with Crippen LogP contribution >= 0.6 is 12.0 Å². The van der Waals surface area contributed by atoms with Gasteiger partial charge in [0.25, 0.3) is 5.92 Å². The van der Waals surface area contributed by atoms with E-state index in [1.165, 1.54) is 12.1 Å². The normalized spacial score (nSPS) is 18.0. The van der Waals surface area contributed by atoms with Gasteiger partial charge < -0.3 is 9.08 Å². The molecule has 1 aliphatic heterocycles. The van der Waals surface area contributed by atoms with E-state index in [1.54, 1.807) is 23.2 Å². The zero-order valence-electron chi connectivity index (χ0n) is 12.3. The lowest BCUT2D eigenvalue weighted by atomic mass is 10.1. The monoisotopic (exact) mass is 364 g/mol. The minimum absolute atomic E-state index is 0.0500. The van der Waals surface area contributed by atoms with Gasteiger partial charge in [0.2, 0.25) is 0 Å². The molecule has 2 aromatic rings. The van der Waals surface area contributed by atoms with Crippen molar-refractivity contribution in [2.75, 3.05) is 18.0 Å². The largest absolute Gasteiger partial charge is 0.479 e. The molecule has 2 heterocycles. The third kappa shape index (κ3) is 4.19. The SMILES string of the molecule is FC1(F)CCN(c2cnc3ccc(OSC(F)(F)F)cc3c2)CC1. The van der Waals surface area contributed by atoms with Gasteiger partial charge >= 0.3 is 5.51 Å². The summed E-state index contributed by atoms with van der Waals surface area (Å²) in [5.41, 5.74) is -3.24. The molecule has 3 nitrogen and oxygen atoms in total. The van der Waals surface area contributed by atoms with Crippen molar-refractivity contribution in [3.63, 3.8) is 0 Å². The van der Waals surface area contributed by atoms with Gasteiger partial charge in [0.1, 0.15) is 5.75 Å². The predicted octanol–water partition coefficient (Wildman–Crippen LogP) is 5.02. The highest BCUT2D eigenvalue weighted by Crippen LogP contribution is 2.34. The number of anilines is 1. The van der Waals surface area contributed by atoms with Crippen molar-refractivity contribution in [1.29, 1.82) is 0 Å². The van der Waals surface area contributed by atoms with Gasteiger partial charge in [0.15, 0.2) is 12.0 Å². The van der Waals surface area contributed by atoms with Crippen LogP contribution in [-0.4, -0.2) is 29.5 Å². The second-order valence-corrected chi connectivity index (χ2v) is 6.30. The number of fused-ring (bicyclic) bond motifs is 1. The van der Waals surface area contributed by atoms with E-state index in [4.69, 9.17) is 0 Å². The first-order valence-corrected chi connectivity index (χ1v) is 7.91. The van der Waals surface area contributed by atoms with Crippen LogP contribution in [0.3, 0.4) is 0 Å². The summed E-state index contributed by atoms with van der Waals surface area (Å²) in [6.45, 7) is 0.417. The molecule has 1 fully saturated rings. The van der Waals surface area contributed by atoms with E-state index < -0.39 is 23.5 Å². The quantitative estimate of drug-likeness (QED) is 0.564. The molecule has 0 aliphatic carbocycles. The number of hydrogen-bond donors (Lipinski definition) is 0. The van der Waals surface area contributed by atoms with Crippen molar-refractivity contribution in [1.82, 2.24) is 4.98 Å². The van der Waals surface area contributed by atoms with Crippen LogP contribution in [0.15, 0.2) is 30.5 Å². The number of rotatable bonds is 3. The molecule has 1 aromatic carbocycles. The van der Waals surface area contributed by atoms with Crippen molar-refractivity contribution >= 4 is 28.6 Å². The second-order valence-electron chi connectivity index (χ2n) is 5.50. The number of nitrogens with zero attached hydrogens (tertiary/aromatic N) is 2. The maximum Gasteiger partial charge on any atom is 0.479 e. The van der Waals surface area contributed by atoms with E-state index in [-0.39, 0.29) is 31.7 Å². The van der Waals surface area contributed by atoms with E-state index in [9.17, 15) is 22.0 Å². The number of pyridine rings is 1. The first-order chi connectivity index (χ1) is 11.2. The Hall–Kier alpha value is -1.77. The van der Waals surface area contributed by atoms with Gasteiger partial charge in [-0.05, 0) is 24.3 Å². The third-order valence-corrected chi connectivity index (χ3v) is 4.20. The van der Waals surface area contributed by atoms with Gasteiger partial charge in [-0.25, -0.2) is 8.78 Å². The van der Waals surface area contributed by atoms with Gasteiger partial charge in [-0.3, -0.25) is 4.98 Å². The fourth-order valence-corrected chi connectivity index (χ4v) is 2.80. The number of halogens is 5. The summed E-state index contributed by atoms with van der Waals surface area (Å²) in [7, 11) is 0. The Balaban J connectivity index is 1.79. The summed E-state index contributed by atoms with van der Waals surface area (Å²) in [6, 6.07) is 6.12. The summed E-state index contributed by atoms with van der Waals surface area (Å²) < 4.78 is 67.6. The molecule has 0 radical (unpaired) electrons. The lowest BCUT2D eigenvalue weighted by molar-refractivity contribution is -0.0370. The van der Waals surface area contributed by atoms with Crippen LogP contribution in [-0.2, 0) is 0 Å². The maximum atomic E-state index is 13.2. The fourth-order valence-electron chi connectivity index (χ4n) is 2.51. The molecule has 0 N–H and O–H groups in total. The van der Waals surface area contributed by atoms with Crippen LogP contribution in [0.5, 0.6) is 5.75 Å². The summed E-state index contributed by atoms with van der Waals surface area (Å²) >= 11 is -0.587. The summed E-state index contributed by atoms with van der Waals surface area (Å²) in [5.74, 6) is -2.59. The van der Waals surface area contributed by atoms with Crippen molar-refractivity contribution in [2.45, 2.75) is 24.3 Å². The van der Waals surface area contributed by atoms with Crippen molar-refractivity contribution in [3.8, 4) is 5.75 Å². The molecule has 0 amide bonds. The zero-order valence-corrected chi connectivity index (χ0v) is 13.1. The molecule has 1 aliphatic rings. The molecule has 3 rings (SSSR count). The second kappa shape index (κ2) is 6.27. The average molecular weight is 364 g/mol. The Morgan fingerprint density at radius 1 is 1.12 bits per heavy atom. The Kier molecular flexibility index (Phi) is 4.46. The first kappa shape index (κ1) is 17.1. The summed E-state index contributed by atoms with van der Waals surface area (Å²) in [6.07, 6.45) is 1.13. The van der Waals surface area contributed by atoms with Crippen LogP contribution in [0.25, 0.3) is 10.9 Å². The molecule has 130 valence electrons. The van der Waals surface area contributed by atoms with Gasteiger partial charge in [0, 0.05) is 31.3 Å². The molecule has 24 heavy (non-hydrogen) atoms. The minimum Gasteiger partial charge on any atom is -0.417 e. The molecule has 0 saturated carbocycles. The topological polar surface area (TPSA) is 25.4 Å². The predicted molar refractivity (Wildman–Crippen MR) is 82.4 cm³/mol. The molecule has 1 aromatic heterocycles. The molecular formula is C15H13F5N2OS. The smallest absolute Gasteiger partial charge is 0.417 e. The van der Waals surface area contributed by atoms with Crippen LogP contribution in [0, 0.1) is 0 Å². The van der Waals surface area contributed by atoms with Gasteiger partial charge in [0.05, 0.1) is 17.4 Å². The summed E-state index contributed by atoms with van der Waals surface area (Å²) in [5, 5.41) is 0.588. The molecule has 0 atom stereocenters. The molecule has 0 unspecified atom stereocenters. The minimum atomic E-state index is -4.49. The summed E-state index contributed by atoms with van der Waals surface area (Å²) in [4.78, 5) is 6.02. The van der Waals surface area contributed by atoms with Gasteiger partial charge in [-0.15, -0.1) is 0 Å². The van der Waals surface area contributed by atoms with Crippen molar-refractivity contribution < 1.29 is 26.1 Å². The van der Waals surface area contributed by atoms with E-state index in [2.05, 4.69) is 9.17 Å². The molecule has 0 bridgehead atoms. The zero-order chi connectivity index (χ0) is 17.4. The van der Waals surface area contributed by atoms with Crippen LogP contribution < -0.4 is 9.08 Å². The van der Waals surface area contributed by atoms with E-state index in [0.29, 0.717) is 16.6 Å². The maximum absolute atomic E-state index is 13.2. The highest BCUT2D eigenvalue weighted by Gasteiger charge is 2.34. The Morgan fingerprint density at radius 2 is 1.83 bits per heavy atom. The Bertz CT molecular complexity index is 727. The van der Waals surface area contributed by atoms with E-state index in [1.807, 2.05) is 0 Å². The molecule has 9 heteroatoms. The highest BCUT2D eigenvalue weighted by atomic mass is 32.2. The number of aromatic nitrogens is 1. The van der Waals surface area contributed by atoms with E-state index >= 15 is 0 Å². The van der Waals surface area contributed by atoms with Crippen molar-refractivity contribution in [3.05, 3.63) is 30.5 Å². The number of piperidine rings is 1. The number of hydrogen-bond acceptors (Lipinski definition) is 4. The van der Waals surface area contributed by atoms with Gasteiger partial charge in [-0.2, -0.15) is 13.2 Å². The number of benzene rings is 1. The first-order valence-electron chi connectivity index (χ1n) is 7.17. The lowest BCUT2D eigenvalue weighted by Gasteiger charge is -2.33. The molecular weight excluding hydrogens is 351 g/mol. The van der Waals surface area contributed by atoms with Crippen molar-refractivity contribution in [2.24, 2.45) is 0 Å². The molecule has 0 spiro atoms. The van der Waals surface area contributed by atoms with E-state index in [0.717, 1.165) is 0 Å². The molecule has 1 saturated heterocycles. The number of alkyl halides is 5. The Labute approximate surface area is 139 Å². The van der Waals surface area contributed by atoms with Crippen LogP contribution in [0.4, 0.5) is 27.6 Å². The highest BCUT2D eigenvalue weighted by molar-refractivity contribution is 7.95. The fraction of sp³-hybridized carbons (Fsp3) is 0.400. The standard InChI is InChI=1S/C15H13F5N2OS/c16-14(17)3-5-22(6-4-14)11-7-10-8-12(23-24-15(18,19)20)1-2-13(10)21-9-11/h1-2,7-9H,3-6H2. The van der Waals surface area contributed by atoms with Crippen LogP contribution in [0.2, 0.25) is 0 Å². The average Bonchev–Trinajstić information content (AvgIpc) is 2.51. The van der Waals surface area contributed by atoms with Crippen LogP contribution in [0.1, 0.15) is 12.8 Å². The Morgan fingerprint density at radius 3 is 2.50 bits per heavy atom. The lowest BCUT2D eigenvalue weighted by Crippen LogP contribution is -2.39. The van der Waals surface area contributed by atoms with Gasteiger partial charge in [-0.1, -0.05) is 0 Å².